The van der Waals surface area contributed by atoms with E-state index in [0.29, 0.717) is 42.2 Å². The predicted molar refractivity (Wildman–Crippen MR) is 122 cm³/mol. The Kier molecular flexibility index (Phi) is 7.55. The van der Waals surface area contributed by atoms with Crippen molar-refractivity contribution in [1.29, 1.82) is 0 Å². The average molecular weight is 509 g/mol. The minimum absolute atomic E-state index is 0.130. The van der Waals surface area contributed by atoms with E-state index in [9.17, 15) is 18.2 Å². The number of amidine groups is 1. The number of carbonyl (C=O) groups excluding carboxylic acids is 2. The number of Topliss-reactive ketones (excluding diaryl/α,β-unsaturated/α-hetero) is 1. The van der Waals surface area contributed by atoms with Crippen LogP contribution in [0.4, 0.5) is 20.6 Å². The molecular weight excluding hydrogens is 487 g/mol. The molecule has 1 aliphatic heterocycles. The Morgan fingerprint density at radius 3 is 2.42 bits per heavy atom. The highest BCUT2D eigenvalue weighted by atomic mass is 79.9. The number of urea groups is 1. The molecule has 0 aliphatic carbocycles. The van der Waals surface area contributed by atoms with Crippen LogP contribution in [0.25, 0.3) is 0 Å². The minimum Gasteiger partial charge on any atom is -0.381 e. The Labute approximate surface area is 190 Å². The number of benzene rings is 2. The van der Waals surface area contributed by atoms with Crippen molar-refractivity contribution in [3.05, 3.63) is 52.8 Å². The van der Waals surface area contributed by atoms with E-state index in [1.54, 1.807) is 35.4 Å². The number of ketones is 1. The third kappa shape index (κ3) is 5.98. The highest BCUT2D eigenvalue weighted by Crippen LogP contribution is 2.24. The van der Waals surface area contributed by atoms with Crippen molar-refractivity contribution in [1.82, 2.24) is 4.90 Å². The quantitative estimate of drug-likeness (QED) is 0.472. The number of hydrogen-bond donors (Lipinski definition) is 2. The van der Waals surface area contributed by atoms with Crippen LogP contribution in [0.2, 0.25) is 0 Å². The molecule has 0 radical (unpaired) electrons. The molecule has 3 N–H and O–H groups in total. The Balaban J connectivity index is 1.54. The van der Waals surface area contributed by atoms with Gasteiger partial charge in [-0.2, -0.15) is 0 Å². The van der Waals surface area contributed by atoms with Crippen LogP contribution >= 0.6 is 15.9 Å². The lowest BCUT2D eigenvalue weighted by Crippen LogP contribution is -2.44. The molecule has 1 atom stereocenters. The van der Waals surface area contributed by atoms with Gasteiger partial charge in [-0.25, -0.2) is 14.2 Å². The number of rotatable bonds is 5. The largest absolute Gasteiger partial charge is 0.381 e. The third-order valence-electron chi connectivity index (χ3n) is 5.00. The number of nitrogens with two attached hydrogens (primary N) is 1. The minimum atomic E-state index is -1.08. The maximum Gasteiger partial charge on any atom is 0.321 e. The summed E-state index contributed by atoms with van der Waals surface area (Å²) in [6.07, 6.45) is 2.54. The van der Waals surface area contributed by atoms with Gasteiger partial charge in [0.15, 0.2) is 5.84 Å². The first-order valence-corrected chi connectivity index (χ1v) is 11.9. The zero-order valence-corrected chi connectivity index (χ0v) is 19.2. The number of aliphatic imine (C=N–C) groups is 1. The van der Waals surface area contributed by atoms with Crippen molar-refractivity contribution in [2.75, 3.05) is 24.7 Å². The van der Waals surface area contributed by atoms with E-state index in [4.69, 9.17) is 5.73 Å². The molecule has 2 amide bonds. The second-order valence-corrected chi connectivity index (χ2v) is 9.36. The first kappa shape index (κ1) is 23.1. The van der Waals surface area contributed by atoms with E-state index in [-0.39, 0.29) is 28.0 Å². The molecule has 2 aromatic rings. The molecule has 2 aromatic carbocycles. The van der Waals surface area contributed by atoms with Gasteiger partial charge in [-0.3, -0.25) is 9.00 Å². The van der Waals surface area contributed by atoms with Gasteiger partial charge < -0.3 is 16.0 Å². The monoisotopic (exact) mass is 508 g/mol. The Morgan fingerprint density at radius 2 is 1.84 bits per heavy atom. The molecule has 1 heterocycles. The van der Waals surface area contributed by atoms with Crippen LogP contribution in [0.5, 0.6) is 0 Å². The molecule has 1 unspecified atom stereocenters. The van der Waals surface area contributed by atoms with Gasteiger partial charge in [-0.1, -0.05) is 0 Å². The molecule has 1 aliphatic rings. The first-order valence-electron chi connectivity index (χ1n) is 9.57. The lowest BCUT2D eigenvalue weighted by atomic mass is 9.92. The summed E-state index contributed by atoms with van der Waals surface area (Å²) in [7, 11) is -1.08. The lowest BCUT2D eigenvalue weighted by Gasteiger charge is -2.31. The van der Waals surface area contributed by atoms with Crippen LogP contribution in [0.15, 0.2) is 56.8 Å². The van der Waals surface area contributed by atoms with Gasteiger partial charge >= 0.3 is 6.03 Å². The number of halogens is 2. The summed E-state index contributed by atoms with van der Waals surface area (Å²) < 4.78 is 25.0. The van der Waals surface area contributed by atoms with Gasteiger partial charge in [-0.15, -0.1) is 0 Å². The summed E-state index contributed by atoms with van der Waals surface area (Å²) >= 11 is 3.08. The van der Waals surface area contributed by atoms with Gasteiger partial charge in [-0.05, 0) is 71.2 Å². The lowest BCUT2D eigenvalue weighted by molar-refractivity contribution is -0.117. The van der Waals surface area contributed by atoms with Gasteiger partial charge in [0.05, 0.1) is 10.2 Å². The van der Waals surface area contributed by atoms with E-state index in [1.165, 1.54) is 18.2 Å². The Hall–Kier alpha value is -2.59. The summed E-state index contributed by atoms with van der Waals surface area (Å²) in [4.78, 5) is 31.5. The number of amides is 2. The highest BCUT2D eigenvalue weighted by Gasteiger charge is 2.29. The van der Waals surface area contributed by atoms with Gasteiger partial charge in [0.2, 0.25) is 5.78 Å². The summed E-state index contributed by atoms with van der Waals surface area (Å²) in [6, 6.07) is 10.7. The SMILES string of the molecule is CS(=O)c1ccc(NC(=O)N2CCC(C(=O)C(N)=Nc3ccc(F)c(Br)c3)CC2)cc1. The Bertz CT molecular complexity index is 1040. The van der Waals surface area contributed by atoms with E-state index < -0.39 is 16.6 Å². The molecule has 164 valence electrons. The smallest absolute Gasteiger partial charge is 0.321 e. The van der Waals surface area contributed by atoms with Crippen LogP contribution in [-0.4, -0.2) is 46.1 Å². The van der Waals surface area contributed by atoms with Crippen LogP contribution in [0.3, 0.4) is 0 Å². The van der Waals surface area contributed by atoms with Crippen LogP contribution in [0, 0.1) is 11.7 Å². The fraction of sp³-hybridized carbons (Fsp3) is 0.286. The normalized spacial score (nSPS) is 16.1. The first-order chi connectivity index (χ1) is 14.7. The molecule has 1 fully saturated rings. The molecule has 31 heavy (non-hydrogen) atoms. The topological polar surface area (TPSA) is 105 Å². The van der Waals surface area contributed by atoms with Crippen molar-refractivity contribution in [2.24, 2.45) is 16.6 Å². The zero-order chi connectivity index (χ0) is 22.5. The number of nitrogens with one attached hydrogen (secondary N) is 1. The molecule has 7 nitrogen and oxygen atoms in total. The van der Waals surface area contributed by atoms with Crippen LogP contribution < -0.4 is 11.1 Å². The van der Waals surface area contributed by atoms with Crippen molar-refractivity contribution in [3.8, 4) is 0 Å². The van der Waals surface area contributed by atoms with Gasteiger partial charge in [0.25, 0.3) is 0 Å². The van der Waals surface area contributed by atoms with E-state index in [2.05, 4.69) is 26.2 Å². The van der Waals surface area contributed by atoms with E-state index in [0.717, 1.165) is 0 Å². The maximum absolute atomic E-state index is 13.3. The van der Waals surface area contributed by atoms with Gasteiger partial charge in [0, 0.05) is 46.6 Å². The molecule has 3 rings (SSSR count). The average Bonchev–Trinajstić information content (AvgIpc) is 2.76. The number of anilines is 1. The summed E-state index contributed by atoms with van der Waals surface area (Å²) in [6.45, 7) is 0.823. The van der Waals surface area contributed by atoms with Crippen molar-refractivity contribution in [2.45, 2.75) is 17.7 Å². The molecule has 0 bridgehead atoms. The van der Waals surface area contributed by atoms with E-state index >= 15 is 0 Å². The summed E-state index contributed by atoms with van der Waals surface area (Å²) in [5.74, 6) is -1.15. The van der Waals surface area contributed by atoms with Crippen molar-refractivity contribution < 1.29 is 18.2 Å². The summed E-state index contributed by atoms with van der Waals surface area (Å²) in [5, 5.41) is 2.81. The summed E-state index contributed by atoms with van der Waals surface area (Å²) in [5.41, 5.74) is 6.87. The number of hydrogen-bond acceptors (Lipinski definition) is 4. The molecule has 0 spiro atoms. The maximum atomic E-state index is 13.3. The third-order valence-corrected chi connectivity index (χ3v) is 6.54. The zero-order valence-electron chi connectivity index (χ0n) is 16.8. The van der Waals surface area contributed by atoms with Gasteiger partial charge in [0.1, 0.15) is 5.82 Å². The second-order valence-electron chi connectivity index (χ2n) is 7.13. The van der Waals surface area contributed by atoms with Crippen molar-refractivity contribution in [3.63, 3.8) is 0 Å². The van der Waals surface area contributed by atoms with Crippen LogP contribution in [0.1, 0.15) is 12.8 Å². The predicted octanol–water partition coefficient (Wildman–Crippen LogP) is 3.83. The molecule has 0 aromatic heterocycles. The number of likely N-dealkylation sites (tertiary alicyclic amines) is 1. The second kappa shape index (κ2) is 10.1. The van der Waals surface area contributed by atoms with E-state index in [1.807, 2.05) is 0 Å². The number of piperidine rings is 1. The number of nitrogens with zero attached hydrogens (tertiary/aromatic N) is 2. The Morgan fingerprint density at radius 1 is 1.19 bits per heavy atom. The molecule has 0 saturated carbocycles. The molecule has 1 saturated heterocycles. The molecule has 10 heteroatoms. The standard InChI is InChI=1S/C21H22BrFN4O3S/c1-31(30)16-5-2-14(3-6-16)26-21(29)27-10-8-13(9-11-27)19(28)20(24)25-15-4-7-18(23)17(22)12-15/h2-7,12-13H,8-11H2,1H3,(H2,24,25)(H,26,29). The highest BCUT2D eigenvalue weighted by molar-refractivity contribution is 9.10. The number of carbonyl (C=O) groups is 2. The van der Waals surface area contributed by atoms with Crippen molar-refractivity contribution >= 4 is 55.8 Å². The fourth-order valence-electron chi connectivity index (χ4n) is 3.24. The fourth-order valence-corrected chi connectivity index (χ4v) is 4.12. The molecular formula is C21H22BrFN4O3S. The van der Waals surface area contributed by atoms with Crippen LogP contribution in [-0.2, 0) is 15.6 Å².